The lowest BCUT2D eigenvalue weighted by Gasteiger charge is -2.20. The first-order chi connectivity index (χ1) is 40.5. The van der Waals surface area contributed by atoms with Crippen LogP contribution in [-0.2, 0) is 14.3 Å². The van der Waals surface area contributed by atoms with Crippen LogP contribution in [0.5, 0.6) is 0 Å². The average molecular weight is 1150 g/mol. The molecule has 0 aromatic rings. The van der Waals surface area contributed by atoms with Gasteiger partial charge in [-0.2, -0.15) is 0 Å². The Hall–Kier alpha value is -2.18. The molecular weight excluding hydrogens is 1010 g/mol. The number of aliphatic hydroxyl groups excluding tert-OH is 2. The molecule has 482 valence electrons. The first kappa shape index (κ1) is 79.8. The van der Waals surface area contributed by atoms with Gasteiger partial charge in [0.2, 0.25) is 5.91 Å². The predicted octanol–water partition coefficient (Wildman–Crippen LogP) is 24.0. The fourth-order valence-electron chi connectivity index (χ4n) is 11.4. The molecule has 2 unspecified atom stereocenters. The van der Waals surface area contributed by atoms with Crippen LogP contribution in [-0.4, -0.2) is 47.4 Å². The van der Waals surface area contributed by atoms with Gasteiger partial charge in [-0.25, -0.2) is 0 Å². The maximum Gasteiger partial charge on any atom is 0.305 e. The zero-order valence-electron chi connectivity index (χ0n) is 55.2. The second kappa shape index (κ2) is 71.3. The van der Waals surface area contributed by atoms with Gasteiger partial charge in [-0.3, -0.25) is 9.59 Å². The van der Waals surface area contributed by atoms with Crippen LogP contribution >= 0.6 is 0 Å². The van der Waals surface area contributed by atoms with E-state index in [4.69, 9.17) is 4.74 Å². The molecule has 0 bridgehead atoms. The molecule has 0 aliphatic heterocycles. The Morgan fingerprint density at radius 1 is 0.341 bits per heavy atom. The summed E-state index contributed by atoms with van der Waals surface area (Å²) in [6, 6.07) is -0.632. The second-order valence-electron chi connectivity index (χ2n) is 25.3. The minimum atomic E-state index is -0.848. The van der Waals surface area contributed by atoms with Gasteiger partial charge in [0.05, 0.1) is 25.4 Å². The van der Waals surface area contributed by atoms with Gasteiger partial charge < -0.3 is 20.3 Å². The number of rotatable bonds is 69. The molecular formula is C76H143NO5. The van der Waals surface area contributed by atoms with Gasteiger partial charge in [-0.1, -0.05) is 351 Å². The van der Waals surface area contributed by atoms with Gasteiger partial charge >= 0.3 is 5.97 Å². The lowest BCUT2D eigenvalue weighted by molar-refractivity contribution is -0.143. The van der Waals surface area contributed by atoms with Crippen LogP contribution < -0.4 is 5.32 Å². The Kier molecular flexibility index (Phi) is 69.4. The molecule has 0 saturated heterocycles. The van der Waals surface area contributed by atoms with Crippen LogP contribution in [0.4, 0.5) is 0 Å². The Balaban J connectivity index is 3.43. The molecule has 0 radical (unpaired) electrons. The lowest BCUT2D eigenvalue weighted by Crippen LogP contribution is -2.45. The number of allylic oxidation sites excluding steroid dienone is 7. The molecule has 0 spiro atoms. The monoisotopic (exact) mass is 1150 g/mol. The SMILES string of the molecule is CCCC/C=C\C/C=C\CCCCCCCC(=O)OCCCCCCCCCCCCCC/C=C\CCCCCCCCCCCCC(=O)NC(CO)C(O)/C=C/CCCCCCCCCCCCCCCCCCCCCCCCC. The quantitative estimate of drug-likeness (QED) is 0.0320. The van der Waals surface area contributed by atoms with E-state index in [-0.39, 0.29) is 18.5 Å². The van der Waals surface area contributed by atoms with Crippen LogP contribution in [0.2, 0.25) is 0 Å². The van der Waals surface area contributed by atoms with Gasteiger partial charge in [0.25, 0.3) is 0 Å². The molecule has 2 atom stereocenters. The van der Waals surface area contributed by atoms with Crippen molar-refractivity contribution >= 4 is 11.9 Å². The summed E-state index contributed by atoms with van der Waals surface area (Å²) in [5.41, 5.74) is 0. The fourth-order valence-corrected chi connectivity index (χ4v) is 11.4. The number of carbonyl (C=O) groups excluding carboxylic acids is 2. The molecule has 1 amide bonds. The third-order valence-corrected chi connectivity index (χ3v) is 17.1. The van der Waals surface area contributed by atoms with Crippen LogP contribution in [0.1, 0.15) is 399 Å². The van der Waals surface area contributed by atoms with Crippen molar-refractivity contribution in [1.82, 2.24) is 5.32 Å². The summed E-state index contributed by atoms with van der Waals surface area (Å²) in [7, 11) is 0. The van der Waals surface area contributed by atoms with Crippen LogP contribution in [0.15, 0.2) is 48.6 Å². The zero-order chi connectivity index (χ0) is 59.2. The van der Waals surface area contributed by atoms with Crippen molar-refractivity contribution < 1.29 is 24.5 Å². The van der Waals surface area contributed by atoms with Gasteiger partial charge in [0.1, 0.15) is 0 Å². The standard InChI is InChI=1S/C76H143NO5/c1-3-5-7-9-11-13-15-17-19-20-21-22-23-26-29-32-35-38-41-44-48-52-56-60-64-68-74(79)73(72-78)77-75(80)69-65-61-57-53-49-45-42-39-36-33-30-27-24-25-28-31-34-37-40-43-47-51-55-59-63-67-71-82-76(81)70-66-62-58-54-50-46-18-16-14-12-10-8-6-4-2/h10,12,16,18,24,27,64,68,73-74,78-79H,3-9,11,13-15,17,19-23,25-26,28-63,65-67,69-72H2,1-2H3,(H,77,80)/b12-10-,18-16-,27-24-,68-64+. The van der Waals surface area contributed by atoms with E-state index in [0.29, 0.717) is 19.4 Å². The van der Waals surface area contributed by atoms with Gasteiger partial charge in [-0.05, 0) is 83.5 Å². The van der Waals surface area contributed by atoms with Gasteiger partial charge in [0, 0.05) is 12.8 Å². The molecule has 0 aliphatic carbocycles. The predicted molar refractivity (Wildman–Crippen MR) is 361 cm³/mol. The molecule has 0 saturated carbocycles. The van der Waals surface area contributed by atoms with Crippen molar-refractivity contribution in [2.75, 3.05) is 13.2 Å². The maximum absolute atomic E-state index is 12.5. The summed E-state index contributed by atoms with van der Waals surface area (Å²) in [5, 5.41) is 23.3. The van der Waals surface area contributed by atoms with E-state index in [0.717, 1.165) is 51.4 Å². The van der Waals surface area contributed by atoms with Crippen molar-refractivity contribution in [2.24, 2.45) is 0 Å². The fraction of sp³-hybridized carbons (Fsp3) is 0.868. The summed E-state index contributed by atoms with van der Waals surface area (Å²) >= 11 is 0. The average Bonchev–Trinajstić information content (AvgIpc) is 3.48. The first-order valence-corrected chi connectivity index (χ1v) is 36.9. The van der Waals surface area contributed by atoms with E-state index >= 15 is 0 Å². The molecule has 0 aliphatic rings. The van der Waals surface area contributed by atoms with Crippen LogP contribution in [0.3, 0.4) is 0 Å². The van der Waals surface area contributed by atoms with E-state index < -0.39 is 12.1 Å². The normalized spacial score (nSPS) is 12.8. The number of hydrogen-bond donors (Lipinski definition) is 3. The summed E-state index contributed by atoms with van der Waals surface area (Å²) in [6.07, 6.45) is 93.4. The Morgan fingerprint density at radius 2 is 0.622 bits per heavy atom. The van der Waals surface area contributed by atoms with Crippen LogP contribution in [0.25, 0.3) is 0 Å². The highest BCUT2D eigenvalue weighted by atomic mass is 16.5. The minimum Gasteiger partial charge on any atom is -0.466 e. The number of carbonyl (C=O) groups is 2. The van der Waals surface area contributed by atoms with Crippen molar-refractivity contribution in [3.05, 3.63) is 48.6 Å². The number of hydrogen-bond acceptors (Lipinski definition) is 5. The third kappa shape index (κ3) is 67.0. The minimum absolute atomic E-state index is 0.000447. The highest BCUT2D eigenvalue weighted by Gasteiger charge is 2.18. The van der Waals surface area contributed by atoms with Crippen molar-refractivity contribution in [3.8, 4) is 0 Å². The second-order valence-corrected chi connectivity index (χ2v) is 25.3. The largest absolute Gasteiger partial charge is 0.466 e. The number of unbranched alkanes of at least 4 members (excludes halogenated alkanes) is 52. The van der Waals surface area contributed by atoms with E-state index in [9.17, 15) is 19.8 Å². The maximum atomic E-state index is 12.5. The molecule has 3 N–H and O–H groups in total. The van der Waals surface area contributed by atoms with E-state index in [2.05, 4.69) is 55.6 Å². The number of aliphatic hydroxyl groups is 2. The molecule has 0 fully saturated rings. The van der Waals surface area contributed by atoms with E-state index in [1.54, 1.807) is 6.08 Å². The molecule has 6 nitrogen and oxygen atoms in total. The topological polar surface area (TPSA) is 95.9 Å². The van der Waals surface area contributed by atoms with Crippen molar-refractivity contribution in [2.45, 2.75) is 411 Å². The molecule has 0 aromatic heterocycles. The molecule has 0 rings (SSSR count). The number of amides is 1. The molecule has 6 heteroatoms. The highest BCUT2D eigenvalue weighted by Crippen LogP contribution is 2.19. The number of ether oxygens (including phenoxy) is 1. The summed E-state index contributed by atoms with van der Waals surface area (Å²) in [5.74, 6) is -0.0665. The van der Waals surface area contributed by atoms with Crippen molar-refractivity contribution in [1.29, 1.82) is 0 Å². The lowest BCUT2D eigenvalue weighted by atomic mass is 10.0. The Bertz CT molecular complexity index is 1370. The Labute approximate surface area is 512 Å². The summed E-state index contributed by atoms with van der Waals surface area (Å²) in [4.78, 5) is 24.6. The third-order valence-electron chi connectivity index (χ3n) is 17.1. The number of esters is 1. The Morgan fingerprint density at radius 3 is 0.976 bits per heavy atom. The molecule has 0 aromatic carbocycles. The molecule has 82 heavy (non-hydrogen) atoms. The number of nitrogens with one attached hydrogen (secondary N) is 1. The van der Waals surface area contributed by atoms with Gasteiger partial charge in [0.15, 0.2) is 0 Å². The van der Waals surface area contributed by atoms with Crippen LogP contribution in [0, 0.1) is 0 Å². The smallest absolute Gasteiger partial charge is 0.305 e. The summed E-state index contributed by atoms with van der Waals surface area (Å²) < 4.78 is 5.48. The van der Waals surface area contributed by atoms with E-state index in [1.807, 2.05) is 6.08 Å². The van der Waals surface area contributed by atoms with E-state index in [1.165, 1.54) is 321 Å². The highest BCUT2D eigenvalue weighted by molar-refractivity contribution is 5.76. The zero-order valence-corrected chi connectivity index (χ0v) is 55.2. The van der Waals surface area contributed by atoms with Gasteiger partial charge in [-0.15, -0.1) is 0 Å². The van der Waals surface area contributed by atoms with Crippen molar-refractivity contribution in [3.63, 3.8) is 0 Å². The first-order valence-electron chi connectivity index (χ1n) is 36.9. The summed E-state index contributed by atoms with van der Waals surface area (Å²) in [6.45, 7) is 4.89. The molecule has 0 heterocycles.